The summed E-state index contributed by atoms with van der Waals surface area (Å²) < 4.78 is 4.78. The number of carbonyl (C=O) groups is 1. The maximum Gasteiger partial charge on any atom is 0.307 e. The molecule has 0 bridgehead atoms. The number of phenolic OH excluding ortho intramolecular Hbond substituents is 1. The minimum Gasteiger partial charge on any atom is -0.508 e. The second-order valence-corrected chi connectivity index (χ2v) is 3.28. The molecule has 84 valence electrons. The van der Waals surface area contributed by atoms with Crippen molar-refractivity contribution in [3.63, 3.8) is 0 Å². The third-order valence-corrected chi connectivity index (χ3v) is 2.13. The van der Waals surface area contributed by atoms with Gasteiger partial charge in [-0.2, -0.15) is 5.26 Å². The van der Waals surface area contributed by atoms with Gasteiger partial charge in [0.05, 0.1) is 25.0 Å². The van der Waals surface area contributed by atoms with Crippen LogP contribution in [0.25, 0.3) is 0 Å². The Morgan fingerprint density at radius 3 is 2.62 bits per heavy atom. The zero-order valence-electron chi connectivity index (χ0n) is 9.01. The normalized spacial score (nSPS) is 11.5. The molecule has 0 fully saturated rings. The lowest BCUT2D eigenvalue weighted by Crippen LogP contribution is -2.09. The fourth-order valence-corrected chi connectivity index (χ4v) is 1.33. The molecular formula is C12H13NO3. The third kappa shape index (κ3) is 3.28. The molecule has 0 aliphatic carbocycles. The Bertz CT molecular complexity index is 392. The number of carbonyl (C=O) groups excluding carboxylic acids is 1. The first-order valence-corrected chi connectivity index (χ1v) is 5.01. The average molecular weight is 219 g/mol. The van der Waals surface area contributed by atoms with Crippen LogP contribution in [0.15, 0.2) is 24.3 Å². The molecule has 0 aromatic heterocycles. The number of nitrogens with zero attached hydrogens (tertiary/aromatic N) is 1. The van der Waals surface area contributed by atoms with E-state index in [4.69, 9.17) is 15.1 Å². The van der Waals surface area contributed by atoms with Crippen molar-refractivity contribution in [2.45, 2.75) is 19.3 Å². The van der Waals surface area contributed by atoms with Gasteiger partial charge in [-0.1, -0.05) is 12.1 Å². The molecule has 1 rings (SSSR count). The monoisotopic (exact) mass is 219 g/mol. The molecule has 0 amide bonds. The van der Waals surface area contributed by atoms with E-state index in [-0.39, 0.29) is 18.1 Å². The van der Waals surface area contributed by atoms with Gasteiger partial charge in [0.2, 0.25) is 0 Å². The smallest absolute Gasteiger partial charge is 0.307 e. The van der Waals surface area contributed by atoms with E-state index >= 15 is 0 Å². The van der Waals surface area contributed by atoms with Crippen LogP contribution in [0.1, 0.15) is 24.8 Å². The van der Waals surface area contributed by atoms with Gasteiger partial charge >= 0.3 is 5.97 Å². The maximum atomic E-state index is 11.2. The third-order valence-electron chi connectivity index (χ3n) is 2.13. The van der Waals surface area contributed by atoms with Crippen molar-refractivity contribution >= 4 is 5.97 Å². The minimum atomic E-state index is -0.528. The second kappa shape index (κ2) is 5.76. The van der Waals surface area contributed by atoms with Gasteiger partial charge in [-0.05, 0) is 24.6 Å². The SMILES string of the molecule is CCOC(=O)CC(C#N)c1ccc(O)cc1. The summed E-state index contributed by atoms with van der Waals surface area (Å²) in [7, 11) is 0. The van der Waals surface area contributed by atoms with E-state index in [1.165, 1.54) is 12.1 Å². The van der Waals surface area contributed by atoms with E-state index in [1.54, 1.807) is 19.1 Å². The highest BCUT2D eigenvalue weighted by Crippen LogP contribution is 2.21. The average Bonchev–Trinajstić information content (AvgIpc) is 2.27. The van der Waals surface area contributed by atoms with Crippen LogP contribution in [0.5, 0.6) is 5.75 Å². The molecule has 0 saturated carbocycles. The maximum absolute atomic E-state index is 11.2. The lowest BCUT2D eigenvalue weighted by atomic mass is 9.97. The fourth-order valence-electron chi connectivity index (χ4n) is 1.33. The van der Waals surface area contributed by atoms with Crippen LogP contribution in [0, 0.1) is 11.3 Å². The van der Waals surface area contributed by atoms with Crippen molar-refractivity contribution in [3.8, 4) is 11.8 Å². The molecule has 0 aliphatic rings. The van der Waals surface area contributed by atoms with E-state index in [0.717, 1.165) is 0 Å². The number of hydrogen-bond acceptors (Lipinski definition) is 4. The molecule has 1 aromatic carbocycles. The number of rotatable bonds is 4. The van der Waals surface area contributed by atoms with E-state index in [9.17, 15) is 4.79 Å². The summed E-state index contributed by atoms with van der Waals surface area (Å²) in [6.07, 6.45) is 0.0368. The molecule has 0 aliphatic heterocycles. The molecule has 1 aromatic rings. The molecule has 1 atom stereocenters. The van der Waals surface area contributed by atoms with Crippen LogP contribution >= 0.6 is 0 Å². The predicted molar refractivity (Wildman–Crippen MR) is 57.7 cm³/mol. The predicted octanol–water partition coefficient (Wildman–Crippen LogP) is 1.95. The van der Waals surface area contributed by atoms with Crippen molar-refractivity contribution in [3.05, 3.63) is 29.8 Å². The van der Waals surface area contributed by atoms with E-state index in [0.29, 0.717) is 12.2 Å². The van der Waals surface area contributed by atoms with Crippen LogP contribution in [-0.4, -0.2) is 17.7 Å². The Labute approximate surface area is 94.1 Å². The summed E-state index contributed by atoms with van der Waals surface area (Å²) in [6.45, 7) is 2.03. The van der Waals surface area contributed by atoms with Crippen LogP contribution in [0.4, 0.5) is 0 Å². The lowest BCUT2D eigenvalue weighted by Gasteiger charge is -2.08. The van der Waals surface area contributed by atoms with E-state index in [1.807, 2.05) is 6.07 Å². The number of hydrogen-bond donors (Lipinski definition) is 1. The Kier molecular flexibility index (Phi) is 4.34. The van der Waals surface area contributed by atoms with Crippen LogP contribution in [0.3, 0.4) is 0 Å². The molecule has 0 heterocycles. The Hall–Kier alpha value is -2.02. The largest absolute Gasteiger partial charge is 0.508 e. The number of nitriles is 1. The number of phenols is 1. The topological polar surface area (TPSA) is 70.3 Å². The number of ether oxygens (including phenoxy) is 1. The molecule has 4 nitrogen and oxygen atoms in total. The zero-order chi connectivity index (χ0) is 12.0. The fraction of sp³-hybridized carbons (Fsp3) is 0.333. The van der Waals surface area contributed by atoms with Gasteiger partial charge in [0, 0.05) is 0 Å². The first-order chi connectivity index (χ1) is 7.67. The van der Waals surface area contributed by atoms with E-state index in [2.05, 4.69) is 0 Å². The van der Waals surface area contributed by atoms with E-state index < -0.39 is 5.92 Å². The Balaban J connectivity index is 2.72. The van der Waals surface area contributed by atoms with Gasteiger partial charge in [-0.15, -0.1) is 0 Å². The zero-order valence-corrected chi connectivity index (χ0v) is 9.01. The summed E-state index contributed by atoms with van der Waals surface area (Å²) in [6, 6.07) is 8.28. The summed E-state index contributed by atoms with van der Waals surface area (Å²) >= 11 is 0. The first-order valence-electron chi connectivity index (χ1n) is 5.01. The highest BCUT2D eigenvalue weighted by Gasteiger charge is 2.16. The molecule has 0 saturated heterocycles. The molecular weight excluding hydrogens is 206 g/mol. The quantitative estimate of drug-likeness (QED) is 0.786. The van der Waals surface area contributed by atoms with Crippen LogP contribution in [-0.2, 0) is 9.53 Å². The lowest BCUT2D eigenvalue weighted by molar-refractivity contribution is -0.143. The number of benzene rings is 1. The van der Waals surface area contributed by atoms with Gasteiger partial charge in [0.15, 0.2) is 0 Å². The van der Waals surface area contributed by atoms with Gasteiger partial charge < -0.3 is 9.84 Å². The summed E-state index contributed by atoms with van der Waals surface area (Å²) in [5.74, 6) is -0.779. The van der Waals surface area contributed by atoms with Crippen LogP contribution in [0.2, 0.25) is 0 Å². The van der Waals surface area contributed by atoms with Crippen molar-refractivity contribution < 1.29 is 14.6 Å². The second-order valence-electron chi connectivity index (χ2n) is 3.28. The molecule has 16 heavy (non-hydrogen) atoms. The van der Waals surface area contributed by atoms with Crippen molar-refractivity contribution in [2.24, 2.45) is 0 Å². The van der Waals surface area contributed by atoms with Gasteiger partial charge in [0.1, 0.15) is 5.75 Å². The molecule has 0 radical (unpaired) electrons. The first kappa shape index (κ1) is 12.1. The van der Waals surface area contributed by atoms with Crippen molar-refractivity contribution in [1.82, 2.24) is 0 Å². The standard InChI is InChI=1S/C12H13NO3/c1-2-16-12(15)7-10(8-13)9-3-5-11(14)6-4-9/h3-6,10,14H,2,7H2,1H3. The molecule has 0 spiro atoms. The summed E-state index contributed by atoms with van der Waals surface area (Å²) in [5, 5.41) is 18.0. The van der Waals surface area contributed by atoms with Crippen molar-refractivity contribution in [1.29, 1.82) is 5.26 Å². The number of esters is 1. The van der Waals surface area contributed by atoms with Gasteiger partial charge in [-0.3, -0.25) is 4.79 Å². The Morgan fingerprint density at radius 1 is 1.50 bits per heavy atom. The van der Waals surface area contributed by atoms with Crippen LogP contribution < -0.4 is 0 Å². The highest BCUT2D eigenvalue weighted by atomic mass is 16.5. The highest BCUT2D eigenvalue weighted by molar-refractivity contribution is 5.71. The van der Waals surface area contributed by atoms with Crippen molar-refractivity contribution in [2.75, 3.05) is 6.61 Å². The summed E-state index contributed by atoms with van der Waals surface area (Å²) in [5.41, 5.74) is 0.702. The van der Waals surface area contributed by atoms with Gasteiger partial charge in [0.25, 0.3) is 0 Å². The molecule has 4 heteroatoms. The molecule has 1 N–H and O–H groups in total. The Morgan fingerprint density at radius 2 is 2.12 bits per heavy atom. The summed E-state index contributed by atoms with van der Waals surface area (Å²) in [4.78, 5) is 11.2. The van der Waals surface area contributed by atoms with Gasteiger partial charge in [-0.25, -0.2) is 0 Å². The molecule has 1 unspecified atom stereocenters. The minimum absolute atomic E-state index is 0.0368. The number of aromatic hydroxyl groups is 1.